The minimum absolute atomic E-state index is 0.261. The molecule has 0 aromatic heterocycles. The SMILES string of the molecule is CCCCC#C[C@@H]1CC[C@H]1C(=O)CC(C)C. The zero-order valence-electron chi connectivity index (χ0n) is 10.9. The maximum Gasteiger partial charge on any atom is 0.137 e. The Labute approximate surface area is 100 Å². The monoisotopic (exact) mass is 220 g/mol. The lowest BCUT2D eigenvalue weighted by Gasteiger charge is -2.32. The minimum atomic E-state index is 0.261. The molecule has 1 fully saturated rings. The summed E-state index contributed by atoms with van der Waals surface area (Å²) >= 11 is 0. The molecule has 16 heavy (non-hydrogen) atoms. The standard InChI is InChI=1S/C15H24O/c1-4-5-6-7-8-13-9-10-14(13)15(16)11-12(2)3/h12-14H,4-6,9-11H2,1-3H3/t13-,14-/m1/s1. The fourth-order valence-corrected chi connectivity index (χ4v) is 2.08. The molecule has 1 saturated carbocycles. The van der Waals surface area contributed by atoms with E-state index in [9.17, 15) is 4.79 Å². The lowest BCUT2D eigenvalue weighted by atomic mass is 9.70. The van der Waals surface area contributed by atoms with Crippen LogP contribution in [0.5, 0.6) is 0 Å². The first-order chi connectivity index (χ1) is 7.65. The molecular formula is C15H24O. The molecule has 0 radical (unpaired) electrons. The Balaban J connectivity index is 2.33. The Morgan fingerprint density at radius 3 is 2.62 bits per heavy atom. The number of rotatable bonds is 5. The van der Waals surface area contributed by atoms with E-state index in [1.807, 2.05) is 0 Å². The highest BCUT2D eigenvalue weighted by Crippen LogP contribution is 2.35. The van der Waals surface area contributed by atoms with Gasteiger partial charge in [-0.1, -0.05) is 33.1 Å². The van der Waals surface area contributed by atoms with Crippen LogP contribution < -0.4 is 0 Å². The highest BCUT2D eigenvalue weighted by molar-refractivity contribution is 5.82. The van der Waals surface area contributed by atoms with Crippen molar-refractivity contribution in [1.29, 1.82) is 0 Å². The van der Waals surface area contributed by atoms with Crippen molar-refractivity contribution in [1.82, 2.24) is 0 Å². The van der Waals surface area contributed by atoms with Gasteiger partial charge in [-0.3, -0.25) is 4.79 Å². The molecule has 0 heterocycles. The number of carbonyl (C=O) groups excluding carboxylic acids is 1. The summed E-state index contributed by atoms with van der Waals surface area (Å²) in [6.45, 7) is 6.40. The fraction of sp³-hybridized carbons (Fsp3) is 0.800. The van der Waals surface area contributed by atoms with Gasteiger partial charge in [0.2, 0.25) is 0 Å². The van der Waals surface area contributed by atoms with Crippen molar-refractivity contribution in [2.75, 3.05) is 0 Å². The summed E-state index contributed by atoms with van der Waals surface area (Å²) in [4.78, 5) is 11.9. The van der Waals surface area contributed by atoms with Crippen molar-refractivity contribution >= 4 is 5.78 Å². The lowest BCUT2D eigenvalue weighted by molar-refractivity contribution is -0.127. The second-order valence-corrected chi connectivity index (χ2v) is 5.28. The molecule has 0 aliphatic heterocycles. The van der Waals surface area contributed by atoms with Gasteiger partial charge in [-0.05, 0) is 25.2 Å². The van der Waals surface area contributed by atoms with Gasteiger partial charge < -0.3 is 0 Å². The average Bonchev–Trinajstić information content (AvgIpc) is 2.14. The third kappa shape index (κ3) is 4.00. The zero-order chi connectivity index (χ0) is 12.0. The van der Waals surface area contributed by atoms with Crippen molar-refractivity contribution in [3.63, 3.8) is 0 Å². The molecular weight excluding hydrogens is 196 g/mol. The Kier molecular flexibility index (Phi) is 5.60. The quantitative estimate of drug-likeness (QED) is 0.508. The van der Waals surface area contributed by atoms with Gasteiger partial charge in [-0.25, -0.2) is 0 Å². The molecule has 0 aromatic rings. The van der Waals surface area contributed by atoms with E-state index in [4.69, 9.17) is 0 Å². The molecule has 1 aliphatic carbocycles. The zero-order valence-corrected chi connectivity index (χ0v) is 10.9. The summed E-state index contributed by atoms with van der Waals surface area (Å²) in [6.07, 6.45) is 6.32. The molecule has 0 unspecified atom stereocenters. The average molecular weight is 220 g/mol. The molecule has 0 N–H and O–H groups in total. The smallest absolute Gasteiger partial charge is 0.137 e. The van der Waals surface area contributed by atoms with E-state index in [2.05, 4.69) is 32.6 Å². The summed E-state index contributed by atoms with van der Waals surface area (Å²) in [7, 11) is 0. The first-order valence-electron chi connectivity index (χ1n) is 6.66. The highest BCUT2D eigenvalue weighted by Gasteiger charge is 2.34. The molecule has 0 spiro atoms. The van der Waals surface area contributed by atoms with Crippen molar-refractivity contribution < 1.29 is 4.79 Å². The predicted octanol–water partition coefficient (Wildman–Crippen LogP) is 3.82. The normalized spacial score (nSPS) is 23.5. The topological polar surface area (TPSA) is 17.1 Å². The van der Waals surface area contributed by atoms with Crippen molar-refractivity contribution in [3.8, 4) is 11.8 Å². The number of Topliss-reactive ketones (excluding diaryl/α,β-unsaturated/α-hetero) is 1. The first-order valence-corrected chi connectivity index (χ1v) is 6.66. The van der Waals surface area contributed by atoms with Gasteiger partial charge in [0, 0.05) is 24.7 Å². The largest absolute Gasteiger partial charge is 0.299 e. The van der Waals surface area contributed by atoms with Crippen LogP contribution in [0.3, 0.4) is 0 Å². The van der Waals surface area contributed by atoms with Crippen LogP contribution in [0.2, 0.25) is 0 Å². The number of carbonyl (C=O) groups is 1. The summed E-state index contributed by atoms with van der Waals surface area (Å²) in [5, 5.41) is 0. The van der Waals surface area contributed by atoms with E-state index in [0.29, 0.717) is 17.6 Å². The van der Waals surface area contributed by atoms with E-state index in [0.717, 1.165) is 25.7 Å². The number of ketones is 1. The van der Waals surface area contributed by atoms with E-state index in [1.165, 1.54) is 12.8 Å². The van der Waals surface area contributed by atoms with Crippen LogP contribution in [0.1, 0.15) is 59.3 Å². The van der Waals surface area contributed by atoms with E-state index >= 15 is 0 Å². The molecule has 1 aliphatic rings. The third-order valence-electron chi connectivity index (χ3n) is 3.24. The van der Waals surface area contributed by atoms with Gasteiger partial charge in [0.1, 0.15) is 5.78 Å². The highest BCUT2D eigenvalue weighted by atomic mass is 16.1. The van der Waals surface area contributed by atoms with Gasteiger partial charge in [0.15, 0.2) is 0 Å². The van der Waals surface area contributed by atoms with Crippen molar-refractivity contribution in [3.05, 3.63) is 0 Å². The Hall–Kier alpha value is -0.770. The van der Waals surface area contributed by atoms with Gasteiger partial charge >= 0.3 is 0 Å². The van der Waals surface area contributed by atoms with Crippen LogP contribution in [0, 0.1) is 29.6 Å². The second kappa shape index (κ2) is 6.74. The second-order valence-electron chi connectivity index (χ2n) is 5.28. The summed E-state index contributed by atoms with van der Waals surface area (Å²) in [5.41, 5.74) is 0. The van der Waals surface area contributed by atoms with Crippen LogP contribution in [0.25, 0.3) is 0 Å². The minimum Gasteiger partial charge on any atom is -0.299 e. The lowest BCUT2D eigenvalue weighted by Crippen LogP contribution is -2.32. The van der Waals surface area contributed by atoms with Crippen LogP contribution >= 0.6 is 0 Å². The van der Waals surface area contributed by atoms with E-state index < -0.39 is 0 Å². The van der Waals surface area contributed by atoms with Crippen LogP contribution in [-0.2, 0) is 4.79 Å². The molecule has 0 saturated heterocycles. The van der Waals surface area contributed by atoms with E-state index in [-0.39, 0.29) is 5.92 Å². The van der Waals surface area contributed by atoms with Gasteiger partial charge in [0.25, 0.3) is 0 Å². The molecule has 2 atom stereocenters. The summed E-state index contributed by atoms with van der Waals surface area (Å²) in [6, 6.07) is 0. The molecule has 1 nitrogen and oxygen atoms in total. The molecule has 0 aromatic carbocycles. The first kappa shape index (κ1) is 13.3. The number of hydrogen-bond acceptors (Lipinski definition) is 1. The molecule has 90 valence electrons. The van der Waals surface area contributed by atoms with Gasteiger partial charge in [0.05, 0.1) is 0 Å². The van der Waals surface area contributed by atoms with Crippen LogP contribution in [0.4, 0.5) is 0 Å². The molecule has 1 rings (SSSR count). The maximum atomic E-state index is 11.9. The van der Waals surface area contributed by atoms with Gasteiger partial charge in [-0.2, -0.15) is 0 Å². The Morgan fingerprint density at radius 1 is 1.38 bits per heavy atom. The Morgan fingerprint density at radius 2 is 2.12 bits per heavy atom. The van der Waals surface area contributed by atoms with Crippen LogP contribution in [0.15, 0.2) is 0 Å². The van der Waals surface area contributed by atoms with E-state index in [1.54, 1.807) is 0 Å². The summed E-state index contributed by atoms with van der Waals surface area (Å²) in [5.74, 6) is 8.08. The molecule has 1 heteroatoms. The summed E-state index contributed by atoms with van der Waals surface area (Å²) < 4.78 is 0. The molecule has 0 amide bonds. The maximum absolute atomic E-state index is 11.9. The number of hydrogen-bond donors (Lipinski definition) is 0. The van der Waals surface area contributed by atoms with Gasteiger partial charge in [-0.15, -0.1) is 5.92 Å². The third-order valence-corrected chi connectivity index (χ3v) is 3.24. The predicted molar refractivity (Wildman–Crippen MR) is 68.0 cm³/mol. The number of unbranched alkanes of at least 4 members (excludes halogenated alkanes) is 2. The fourth-order valence-electron chi connectivity index (χ4n) is 2.08. The Bertz CT molecular complexity index is 280. The van der Waals surface area contributed by atoms with Crippen LogP contribution in [-0.4, -0.2) is 5.78 Å². The van der Waals surface area contributed by atoms with Crippen molar-refractivity contribution in [2.45, 2.75) is 59.3 Å². The van der Waals surface area contributed by atoms with Crippen molar-refractivity contribution in [2.24, 2.45) is 17.8 Å². The molecule has 0 bridgehead atoms.